The van der Waals surface area contributed by atoms with Crippen molar-refractivity contribution in [1.29, 1.82) is 0 Å². The lowest BCUT2D eigenvalue weighted by molar-refractivity contribution is -0.384. The molecule has 0 aliphatic carbocycles. The molecule has 1 saturated heterocycles. The van der Waals surface area contributed by atoms with Gasteiger partial charge in [0.1, 0.15) is 0 Å². The normalized spacial score (nSPS) is 20.5. The van der Waals surface area contributed by atoms with Gasteiger partial charge in [0.2, 0.25) is 0 Å². The second-order valence-electron chi connectivity index (χ2n) is 4.43. The molecule has 5 nitrogen and oxygen atoms in total. The minimum atomic E-state index is -0.326. The Morgan fingerprint density at radius 3 is 2.69 bits per heavy atom. The van der Waals surface area contributed by atoms with Crippen molar-refractivity contribution in [3.63, 3.8) is 0 Å². The molecular weight excluding hydrogens is 206 g/mol. The van der Waals surface area contributed by atoms with Crippen molar-refractivity contribution < 1.29 is 4.92 Å². The highest BCUT2D eigenvalue weighted by molar-refractivity contribution is 5.41. The lowest BCUT2D eigenvalue weighted by Gasteiger charge is -2.35. The lowest BCUT2D eigenvalue weighted by atomic mass is 10.1. The second-order valence-corrected chi connectivity index (χ2v) is 4.43. The Bertz CT molecular complexity index is 443. The summed E-state index contributed by atoms with van der Waals surface area (Å²) in [5.74, 6) is 0. The summed E-state index contributed by atoms with van der Waals surface area (Å²) in [6, 6.07) is 5.80. The number of nitro groups is 1. The minimum absolute atomic E-state index is 0.201. The van der Waals surface area contributed by atoms with E-state index in [9.17, 15) is 10.1 Å². The van der Waals surface area contributed by atoms with Crippen molar-refractivity contribution in [3.05, 3.63) is 39.4 Å². The molecule has 0 saturated carbocycles. The van der Waals surface area contributed by atoms with Crippen molar-refractivity contribution in [3.8, 4) is 0 Å². The Balaban J connectivity index is 1.83. The van der Waals surface area contributed by atoms with Crippen molar-refractivity contribution in [2.75, 3.05) is 13.1 Å². The number of nitrogens with one attached hydrogen (secondary N) is 1. The van der Waals surface area contributed by atoms with E-state index < -0.39 is 0 Å². The average molecular weight is 219 g/mol. The van der Waals surface area contributed by atoms with Gasteiger partial charge in [0, 0.05) is 44.4 Å². The van der Waals surface area contributed by atoms with Crippen LogP contribution in [-0.2, 0) is 13.1 Å². The maximum Gasteiger partial charge on any atom is 0.269 e. The molecule has 0 unspecified atom stereocenters. The molecule has 84 valence electrons. The van der Waals surface area contributed by atoms with Crippen LogP contribution >= 0.6 is 0 Å². The van der Waals surface area contributed by atoms with Gasteiger partial charge in [-0.3, -0.25) is 15.0 Å². The summed E-state index contributed by atoms with van der Waals surface area (Å²) in [5.41, 5.74) is 2.55. The van der Waals surface area contributed by atoms with Gasteiger partial charge in [-0.15, -0.1) is 0 Å². The number of hydrogen-bond acceptors (Lipinski definition) is 4. The Morgan fingerprint density at radius 2 is 2.06 bits per heavy atom. The molecule has 0 aromatic heterocycles. The zero-order valence-corrected chi connectivity index (χ0v) is 8.85. The summed E-state index contributed by atoms with van der Waals surface area (Å²) in [4.78, 5) is 12.7. The van der Waals surface area contributed by atoms with Crippen LogP contribution < -0.4 is 5.32 Å². The third-order valence-corrected chi connectivity index (χ3v) is 3.42. The smallest absolute Gasteiger partial charge is 0.269 e. The quantitative estimate of drug-likeness (QED) is 0.592. The standard InChI is InChI=1S/C11H13N3O2/c15-14(16)10-2-1-8-6-13(7-9(8)3-10)11-4-12-5-11/h1-3,11-12H,4-7H2. The van der Waals surface area contributed by atoms with Crippen LogP contribution in [0.5, 0.6) is 0 Å². The van der Waals surface area contributed by atoms with Crippen molar-refractivity contribution in [2.45, 2.75) is 19.1 Å². The second kappa shape index (κ2) is 3.54. The summed E-state index contributed by atoms with van der Waals surface area (Å²) >= 11 is 0. The zero-order valence-electron chi connectivity index (χ0n) is 8.85. The Kier molecular flexibility index (Phi) is 2.15. The molecule has 2 aliphatic heterocycles. The van der Waals surface area contributed by atoms with E-state index >= 15 is 0 Å². The SMILES string of the molecule is O=[N+]([O-])c1ccc2c(c1)CN(C1CNC1)C2. The molecule has 0 radical (unpaired) electrons. The Labute approximate surface area is 93.2 Å². The van der Waals surface area contributed by atoms with Gasteiger partial charge in [-0.1, -0.05) is 6.07 Å². The van der Waals surface area contributed by atoms with Gasteiger partial charge in [-0.2, -0.15) is 0 Å². The molecule has 5 heteroatoms. The number of hydrogen-bond donors (Lipinski definition) is 1. The molecule has 1 aromatic carbocycles. The summed E-state index contributed by atoms with van der Waals surface area (Å²) in [7, 11) is 0. The molecule has 1 aromatic rings. The molecule has 0 spiro atoms. The largest absolute Gasteiger partial charge is 0.314 e. The number of non-ortho nitro benzene ring substituents is 1. The molecule has 3 rings (SSSR count). The molecule has 0 bridgehead atoms. The third kappa shape index (κ3) is 1.48. The van der Waals surface area contributed by atoms with Crippen LogP contribution in [0.15, 0.2) is 18.2 Å². The van der Waals surface area contributed by atoms with Gasteiger partial charge in [-0.25, -0.2) is 0 Å². The molecule has 1 fully saturated rings. The van der Waals surface area contributed by atoms with E-state index in [1.807, 2.05) is 6.07 Å². The first-order valence-electron chi connectivity index (χ1n) is 5.45. The number of benzene rings is 1. The van der Waals surface area contributed by atoms with Crippen LogP contribution in [-0.4, -0.2) is 29.0 Å². The molecule has 2 aliphatic rings. The fourth-order valence-electron chi connectivity index (χ4n) is 2.31. The van der Waals surface area contributed by atoms with Gasteiger partial charge in [0.15, 0.2) is 0 Å². The monoisotopic (exact) mass is 219 g/mol. The molecule has 0 amide bonds. The maximum absolute atomic E-state index is 10.7. The van der Waals surface area contributed by atoms with Crippen LogP contribution in [0, 0.1) is 10.1 Å². The summed E-state index contributed by atoms with van der Waals surface area (Å²) in [6.45, 7) is 3.86. The van der Waals surface area contributed by atoms with E-state index in [-0.39, 0.29) is 10.6 Å². The highest BCUT2D eigenvalue weighted by atomic mass is 16.6. The number of rotatable bonds is 2. The van der Waals surface area contributed by atoms with Crippen LogP contribution in [0.1, 0.15) is 11.1 Å². The molecule has 0 atom stereocenters. The predicted molar refractivity (Wildman–Crippen MR) is 59.0 cm³/mol. The summed E-state index contributed by atoms with van der Waals surface area (Å²) in [5, 5.41) is 13.9. The van der Waals surface area contributed by atoms with E-state index in [2.05, 4.69) is 10.2 Å². The van der Waals surface area contributed by atoms with Crippen molar-refractivity contribution in [1.82, 2.24) is 10.2 Å². The number of fused-ring (bicyclic) bond motifs is 1. The van der Waals surface area contributed by atoms with Crippen LogP contribution in [0.4, 0.5) is 5.69 Å². The molecule has 1 N–H and O–H groups in total. The van der Waals surface area contributed by atoms with Gasteiger partial charge in [0.25, 0.3) is 5.69 Å². The fraction of sp³-hybridized carbons (Fsp3) is 0.455. The highest BCUT2D eigenvalue weighted by Gasteiger charge is 2.30. The van der Waals surface area contributed by atoms with E-state index in [1.165, 1.54) is 5.56 Å². The third-order valence-electron chi connectivity index (χ3n) is 3.42. The van der Waals surface area contributed by atoms with Crippen LogP contribution in [0.2, 0.25) is 0 Å². The first kappa shape index (κ1) is 9.74. The van der Waals surface area contributed by atoms with E-state index in [4.69, 9.17) is 0 Å². The van der Waals surface area contributed by atoms with Gasteiger partial charge < -0.3 is 5.32 Å². The Hall–Kier alpha value is -1.46. The Morgan fingerprint density at radius 1 is 1.31 bits per heavy atom. The van der Waals surface area contributed by atoms with Gasteiger partial charge in [-0.05, 0) is 11.1 Å². The van der Waals surface area contributed by atoms with Crippen molar-refractivity contribution in [2.24, 2.45) is 0 Å². The van der Waals surface area contributed by atoms with Gasteiger partial charge >= 0.3 is 0 Å². The topological polar surface area (TPSA) is 58.4 Å². The molecule has 16 heavy (non-hydrogen) atoms. The minimum Gasteiger partial charge on any atom is -0.314 e. The first-order valence-corrected chi connectivity index (χ1v) is 5.45. The molecule has 2 heterocycles. The van der Waals surface area contributed by atoms with E-state index in [1.54, 1.807) is 12.1 Å². The lowest BCUT2D eigenvalue weighted by Crippen LogP contribution is -2.55. The fourth-order valence-corrected chi connectivity index (χ4v) is 2.31. The van der Waals surface area contributed by atoms with Crippen molar-refractivity contribution >= 4 is 5.69 Å². The maximum atomic E-state index is 10.7. The average Bonchev–Trinajstić information content (AvgIpc) is 2.56. The van der Waals surface area contributed by atoms with Gasteiger partial charge in [0.05, 0.1) is 4.92 Å². The van der Waals surface area contributed by atoms with Crippen LogP contribution in [0.25, 0.3) is 0 Å². The van der Waals surface area contributed by atoms with Crippen LogP contribution in [0.3, 0.4) is 0 Å². The highest BCUT2D eigenvalue weighted by Crippen LogP contribution is 2.28. The summed E-state index contributed by atoms with van der Waals surface area (Å²) in [6.07, 6.45) is 0. The number of nitro benzene ring substituents is 1. The first-order chi connectivity index (χ1) is 7.74. The zero-order chi connectivity index (χ0) is 11.1. The number of nitrogens with zero attached hydrogens (tertiary/aromatic N) is 2. The van der Waals surface area contributed by atoms with E-state index in [0.29, 0.717) is 6.04 Å². The summed E-state index contributed by atoms with van der Waals surface area (Å²) < 4.78 is 0. The molecular formula is C11H13N3O2. The van der Waals surface area contributed by atoms with E-state index in [0.717, 1.165) is 31.7 Å². The predicted octanol–water partition coefficient (Wildman–Crippen LogP) is 0.882.